The molecule has 1 aliphatic carbocycles. The zero-order chi connectivity index (χ0) is 9.54. The molecule has 0 bridgehead atoms. The van der Waals surface area contributed by atoms with Crippen LogP contribution in [0.5, 0.6) is 0 Å². The van der Waals surface area contributed by atoms with E-state index in [2.05, 4.69) is 49.4 Å². The largest absolute Gasteiger partial charge is 0.0619 e. The van der Waals surface area contributed by atoms with Crippen molar-refractivity contribution in [2.45, 2.75) is 13.3 Å². The van der Waals surface area contributed by atoms with E-state index in [4.69, 9.17) is 0 Å². The predicted octanol–water partition coefficient (Wildman–Crippen LogP) is 3.56. The fraction of sp³-hybridized carbons (Fsp3) is 0.143. The number of hydrogen-bond acceptors (Lipinski definition) is 0. The van der Waals surface area contributed by atoms with Crippen LogP contribution in [0, 0.1) is 6.92 Å². The molecule has 1 aliphatic rings. The number of rotatable bonds is 0. The van der Waals surface area contributed by atoms with Crippen LogP contribution in [-0.4, -0.2) is 0 Å². The summed E-state index contributed by atoms with van der Waals surface area (Å²) in [5.74, 6) is 0. The van der Waals surface area contributed by atoms with Crippen LogP contribution >= 0.6 is 0 Å². The Labute approximate surface area is 109 Å². The van der Waals surface area contributed by atoms with Gasteiger partial charge in [-0.2, -0.15) is 0 Å². The maximum absolute atomic E-state index is 2.24. The van der Waals surface area contributed by atoms with Crippen LogP contribution < -0.4 is 0 Å². The van der Waals surface area contributed by atoms with E-state index in [0.717, 1.165) is 6.42 Å². The summed E-state index contributed by atoms with van der Waals surface area (Å²) in [4.78, 5) is 0. The van der Waals surface area contributed by atoms with Gasteiger partial charge < -0.3 is 0 Å². The van der Waals surface area contributed by atoms with Gasteiger partial charge in [0.2, 0.25) is 0 Å². The summed E-state index contributed by atoms with van der Waals surface area (Å²) in [7, 11) is 0. The average molecular weight is 271 g/mol. The smallest absolute Gasteiger partial charge is 0 e. The van der Waals surface area contributed by atoms with Gasteiger partial charge in [-0.05, 0) is 41.2 Å². The zero-order valence-electron chi connectivity index (χ0n) is 8.75. The van der Waals surface area contributed by atoms with Gasteiger partial charge in [-0.1, -0.05) is 42.5 Å². The molecule has 1 heteroatoms. The second kappa shape index (κ2) is 4.06. The molecule has 0 unspecified atom stereocenters. The molecule has 0 radical (unpaired) electrons. The first-order valence-electron chi connectivity index (χ1n) is 5.03. The summed E-state index contributed by atoms with van der Waals surface area (Å²) in [6.07, 6.45) is 1.10. The molecule has 72 valence electrons. The van der Waals surface area contributed by atoms with Gasteiger partial charge in [-0.3, -0.25) is 0 Å². The minimum absolute atomic E-state index is 0. The molecular weight excluding hydrogens is 259 g/mol. The van der Waals surface area contributed by atoms with E-state index in [0.29, 0.717) is 0 Å². The van der Waals surface area contributed by atoms with Gasteiger partial charge in [0.05, 0.1) is 0 Å². The molecule has 0 spiro atoms. The van der Waals surface area contributed by atoms with Crippen LogP contribution in [0.15, 0.2) is 42.5 Å². The topological polar surface area (TPSA) is 0 Å². The molecule has 0 aliphatic heterocycles. The maximum Gasteiger partial charge on any atom is 0 e. The number of benzene rings is 2. The van der Waals surface area contributed by atoms with Crippen molar-refractivity contribution >= 4 is 0 Å². The first-order chi connectivity index (χ1) is 6.86. The molecule has 2 aromatic rings. The van der Waals surface area contributed by atoms with Crippen LogP contribution in [0.3, 0.4) is 0 Å². The molecule has 0 fully saturated rings. The average Bonchev–Trinajstić information content (AvgIpc) is 2.57. The summed E-state index contributed by atoms with van der Waals surface area (Å²) < 4.78 is 0. The van der Waals surface area contributed by atoms with Crippen molar-refractivity contribution in [3.63, 3.8) is 0 Å². The van der Waals surface area contributed by atoms with Crippen molar-refractivity contribution in [1.82, 2.24) is 0 Å². The number of aryl methyl sites for hydroxylation is 1. The molecule has 0 heterocycles. The molecule has 0 amide bonds. The van der Waals surface area contributed by atoms with Gasteiger partial charge in [0.15, 0.2) is 0 Å². The zero-order valence-corrected chi connectivity index (χ0v) is 11.2. The summed E-state index contributed by atoms with van der Waals surface area (Å²) >= 11 is 0. The minimum Gasteiger partial charge on any atom is -0.0619 e. The van der Waals surface area contributed by atoms with Crippen molar-refractivity contribution in [1.29, 1.82) is 0 Å². The van der Waals surface area contributed by atoms with Crippen LogP contribution in [0.25, 0.3) is 11.1 Å². The molecule has 0 atom stereocenters. The summed E-state index contributed by atoms with van der Waals surface area (Å²) in [6.45, 7) is 2.20. The van der Waals surface area contributed by atoms with Crippen LogP contribution in [0.4, 0.5) is 0 Å². The van der Waals surface area contributed by atoms with Gasteiger partial charge in [0.25, 0.3) is 0 Å². The van der Waals surface area contributed by atoms with E-state index in [1.54, 1.807) is 0 Å². The molecule has 0 saturated carbocycles. The van der Waals surface area contributed by atoms with Crippen molar-refractivity contribution in [3.05, 3.63) is 59.2 Å². The Bertz CT molecular complexity index is 500. The van der Waals surface area contributed by atoms with Crippen molar-refractivity contribution in [2.24, 2.45) is 0 Å². The summed E-state index contributed by atoms with van der Waals surface area (Å²) in [5, 5.41) is 0. The number of fused-ring (bicyclic) bond motifs is 3. The predicted molar refractivity (Wildman–Crippen MR) is 59.4 cm³/mol. The molecule has 2 aromatic carbocycles. The van der Waals surface area contributed by atoms with Crippen molar-refractivity contribution in [2.75, 3.05) is 0 Å². The summed E-state index contributed by atoms with van der Waals surface area (Å²) in [5.41, 5.74) is 7.24. The van der Waals surface area contributed by atoms with Gasteiger partial charge in [-0.25, -0.2) is 0 Å². The van der Waals surface area contributed by atoms with Gasteiger partial charge in [0, 0.05) is 26.2 Å². The van der Waals surface area contributed by atoms with E-state index in [-0.39, 0.29) is 26.2 Å². The van der Waals surface area contributed by atoms with Crippen molar-refractivity contribution < 1.29 is 26.2 Å². The molecule has 0 saturated heterocycles. The SMILES string of the molecule is Cc1cccc2c1-c1ccccc1C2.[Zr]. The normalized spacial score (nSPS) is 11.5. The standard InChI is InChI=1S/C14H12.Zr/c1-10-5-4-7-12-9-11-6-2-3-8-13(11)14(10)12;/h2-8H,9H2,1H3;. The Balaban J connectivity index is 0.000000853. The van der Waals surface area contributed by atoms with E-state index in [1.165, 1.54) is 27.8 Å². The van der Waals surface area contributed by atoms with E-state index < -0.39 is 0 Å². The molecule has 0 nitrogen and oxygen atoms in total. The van der Waals surface area contributed by atoms with Gasteiger partial charge in [0.1, 0.15) is 0 Å². The third-order valence-corrected chi connectivity index (χ3v) is 3.03. The molecular formula is C14H12Zr. The third-order valence-electron chi connectivity index (χ3n) is 3.03. The van der Waals surface area contributed by atoms with Gasteiger partial charge in [-0.15, -0.1) is 0 Å². The Morgan fingerprint density at radius 3 is 2.47 bits per heavy atom. The van der Waals surface area contributed by atoms with Crippen LogP contribution in [-0.2, 0) is 32.6 Å². The first kappa shape index (κ1) is 10.8. The monoisotopic (exact) mass is 270 g/mol. The Morgan fingerprint density at radius 2 is 1.60 bits per heavy atom. The Morgan fingerprint density at radius 1 is 0.867 bits per heavy atom. The molecule has 0 N–H and O–H groups in total. The quantitative estimate of drug-likeness (QED) is 0.586. The minimum atomic E-state index is 0. The summed E-state index contributed by atoms with van der Waals surface area (Å²) in [6, 6.07) is 15.3. The fourth-order valence-corrected chi connectivity index (χ4v) is 2.38. The second-order valence-corrected chi connectivity index (χ2v) is 3.94. The van der Waals surface area contributed by atoms with Gasteiger partial charge >= 0.3 is 0 Å². The third kappa shape index (κ3) is 1.63. The molecule has 3 rings (SSSR count). The Kier molecular flexibility index (Phi) is 2.93. The fourth-order valence-electron chi connectivity index (χ4n) is 2.38. The Hall–Kier alpha value is -0.677. The second-order valence-electron chi connectivity index (χ2n) is 3.94. The first-order valence-corrected chi connectivity index (χ1v) is 5.03. The van der Waals surface area contributed by atoms with Crippen LogP contribution in [0.1, 0.15) is 16.7 Å². The van der Waals surface area contributed by atoms with E-state index in [9.17, 15) is 0 Å². The van der Waals surface area contributed by atoms with E-state index in [1.807, 2.05) is 0 Å². The molecule has 0 aromatic heterocycles. The maximum atomic E-state index is 2.24. The van der Waals surface area contributed by atoms with Crippen LogP contribution in [0.2, 0.25) is 0 Å². The molecule has 15 heavy (non-hydrogen) atoms. The van der Waals surface area contributed by atoms with Crippen molar-refractivity contribution in [3.8, 4) is 11.1 Å². The number of hydrogen-bond donors (Lipinski definition) is 0. The van der Waals surface area contributed by atoms with E-state index >= 15 is 0 Å².